The Bertz CT molecular complexity index is 672. The maximum absolute atomic E-state index is 12.8. The number of nitrogens with two attached hydrogens (primary N) is 1. The highest BCUT2D eigenvalue weighted by Gasteiger charge is 2.30. The number of nitrogens with one attached hydrogen (secondary N) is 1. The summed E-state index contributed by atoms with van der Waals surface area (Å²) in [5.41, 5.74) is 6.56. The number of rotatable bonds is 6. The Hall–Kier alpha value is -2.48. The smallest absolute Gasteiger partial charge is 0.248 e. The molecule has 1 fully saturated rings. The molecule has 1 amide bonds. The number of carbonyl (C=O) groups excluding carboxylic acids is 1. The fourth-order valence-corrected chi connectivity index (χ4v) is 2.96. The third-order valence-corrected chi connectivity index (χ3v) is 4.41. The second-order valence-electron chi connectivity index (χ2n) is 6.03. The zero-order valence-corrected chi connectivity index (χ0v) is 13.8. The van der Waals surface area contributed by atoms with Gasteiger partial charge in [-0.1, -0.05) is 30.2 Å². The zero-order valence-electron chi connectivity index (χ0n) is 13.8. The Labute approximate surface area is 141 Å². The molecule has 1 aromatic heterocycles. The SMILES string of the molecule is CC[C@@H](Nc1nnnn1-c1ccccc1)C(=O)N1CC[C@H](CN)C1. The Morgan fingerprint density at radius 2 is 2.21 bits per heavy atom. The van der Waals surface area contributed by atoms with E-state index < -0.39 is 0 Å². The van der Waals surface area contributed by atoms with E-state index in [4.69, 9.17) is 5.73 Å². The molecular formula is C16H23N7O. The molecule has 0 spiro atoms. The van der Waals surface area contributed by atoms with Gasteiger partial charge in [-0.05, 0) is 47.9 Å². The maximum atomic E-state index is 12.8. The molecule has 1 saturated heterocycles. The van der Waals surface area contributed by atoms with Crippen molar-refractivity contribution in [2.45, 2.75) is 25.8 Å². The first kappa shape index (κ1) is 16.4. The summed E-state index contributed by atoms with van der Waals surface area (Å²) in [5, 5.41) is 14.9. The van der Waals surface area contributed by atoms with Crippen molar-refractivity contribution in [2.75, 3.05) is 25.0 Å². The van der Waals surface area contributed by atoms with Gasteiger partial charge in [0.1, 0.15) is 6.04 Å². The highest BCUT2D eigenvalue weighted by molar-refractivity contribution is 5.84. The molecule has 8 nitrogen and oxygen atoms in total. The van der Waals surface area contributed by atoms with Crippen LogP contribution in [0.1, 0.15) is 19.8 Å². The molecule has 3 rings (SSSR count). The molecule has 24 heavy (non-hydrogen) atoms. The Balaban J connectivity index is 1.73. The first-order valence-corrected chi connectivity index (χ1v) is 8.32. The van der Waals surface area contributed by atoms with Crippen molar-refractivity contribution in [3.8, 4) is 5.69 Å². The standard InChI is InChI=1S/C16H23N7O/c1-2-14(15(24)22-9-8-12(10-17)11-22)18-16-19-20-21-23(16)13-6-4-3-5-7-13/h3-7,12,14H,2,8-11,17H2,1H3,(H,18,19,21)/t12-,14-/m1/s1. The quantitative estimate of drug-likeness (QED) is 0.807. The Morgan fingerprint density at radius 1 is 1.42 bits per heavy atom. The summed E-state index contributed by atoms with van der Waals surface area (Å²) in [6, 6.07) is 9.24. The predicted octanol–water partition coefficient (Wildman–Crippen LogP) is 0.660. The van der Waals surface area contributed by atoms with E-state index in [-0.39, 0.29) is 11.9 Å². The van der Waals surface area contributed by atoms with Crippen LogP contribution in [0.3, 0.4) is 0 Å². The van der Waals surface area contributed by atoms with Gasteiger partial charge < -0.3 is 16.0 Å². The first-order chi connectivity index (χ1) is 11.7. The number of likely N-dealkylation sites (tertiary alicyclic amines) is 1. The molecule has 0 saturated carbocycles. The second kappa shape index (κ2) is 7.39. The summed E-state index contributed by atoms with van der Waals surface area (Å²) in [5.74, 6) is 0.952. The van der Waals surface area contributed by atoms with Crippen molar-refractivity contribution >= 4 is 11.9 Å². The highest BCUT2D eigenvalue weighted by atomic mass is 16.2. The van der Waals surface area contributed by atoms with E-state index in [9.17, 15) is 4.79 Å². The van der Waals surface area contributed by atoms with E-state index in [0.717, 1.165) is 25.2 Å². The van der Waals surface area contributed by atoms with Gasteiger partial charge in [0.25, 0.3) is 0 Å². The molecule has 128 valence electrons. The van der Waals surface area contributed by atoms with Crippen molar-refractivity contribution in [2.24, 2.45) is 11.7 Å². The molecule has 3 N–H and O–H groups in total. The van der Waals surface area contributed by atoms with Gasteiger partial charge in [0, 0.05) is 13.1 Å². The average Bonchev–Trinajstić information content (AvgIpc) is 3.29. The maximum Gasteiger partial charge on any atom is 0.248 e. The van der Waals surface area contributed by atoms with Crippen LogP contribution in [0.5, 0.6) is 0 Å². The van der Waals surface area contributed by atoms with Crippen LogP contribution >= 0.6 is 0 Å². The molecule has 0 bridgehead atoms. The van der Waals surface area contributed by atoms with Crippen LogP contribution in [0, 0.1) is 5.92 Å². The molecule has 8 heteroatoms. The number of aromatic nitrogens is 4. The second-order valence-corrected chi connectivity index (χ2v) is 6.03. The third kappa shape index (κ3) is 3.38. The number of para-hydroxylation sites is 1. The van der Waals surface area contributed by atoms with Crippen molar-refractivity contribution in [1.29, 1.82) is 0 Å². The van der Waals surface area contributed by atoms with Crippen LogP contribution in [-0.4, -0.2) is 56.7 Å². The number of carbonyl (C=O) groups is 1. The normalized spacial score (nSPS) is 18.6. The van der Waals surface area contributed by atoms with Gasteiger partial charge >= 0.3 is 0 Å². The molecule has 0 radical (unpaired) electrons. The van der Waals surface area contributed by atoms with Crippen LogP contribution in [0.4, 0.5) is 5.95 Å². The van der Waals surface area contributed by atoms with Gasteiger partial charge in [0.15, 0.2) is 0 Å². The molecule has 2 atom stereocenters. The lowest BCUT2D eigenvalue weighted by Gasteiger charge is -2.23. The van der Waals surface area contributed by atoms with Crippen LogP contribution < -0.4 is 11.1 Å². The molecule has 2 heterocycles. The van der Waals surface area contributed by atoms with Crippen LogP contribution in [-0.2, 0) is 4.79 Å². The lowest BCUT2D eigenvalue weighted by Crippen LogP contribution is -2.42. The monoisotopic (exact) mass is 329 g/mol. The summed E-state index contributed by atoms with van der Waals surface area (Å²) in [6.07, 6.45) is 1.63. The lowest BCUT2D eigenvalue weighted by molar-refractivity contribution is -0.131. The number of nitrogens with zero attached hydrogens (tertiary/aromatic N) is 5. The number of benzene rings is 1. The Morgan fingerprint density at radius 3 is 2.88 bits per heavy atom. The number of hydrogen-bond donors (Lipinski definition) is 2. The summed E-state index contributed by atoms with van der Waals surface area (Å²) in [7, 11) is 0. The summed E-state index contributed by atoms with van der Waals surface area (Å²) >= 11 is 0. The van der Waals surface area contributed by atoms with E-state index in [1.54, 1.807) is 4.68 Å². The minimum absolute atomic E-state index is 0.0797. The van der Waals surface area contributed by atoms with E-state index in [1.807, 2.05) is 42.2 Å². The third-order valence-electron chi connectivity index (χ3n) is 4.41. The number of hydrogen-bond acceptors (Lipinski definition) is 6. The van der Waals surface area contributed by atoms with Crippen LogP contribution in [0.15, 0.2) is 30.3 Å². The van der Waals surface area contributed by atoms with Gasteiger partial charge in [0.05, 0.1) is 5.69 Å². The van der Waals surface area contributed by atoms with E-state index >= 15 is 0 Å². The highest BCUT2D eigenvalue weighted by Crippen LogP contribution is 2.18. The minimum Gasteiger partial charge on any atom is -0.341 e. The van der Waals surface area contributed by atoms with Crippen LogP contribution in [0.2, 0.25) is 0 Å². The molecule has 1 aromatic carbocycles. The number of amides is 1. The van der Waals surface area contributed by atoms with Gasteiger partial charge in [-0.15, -0.1) is 0 Å². The van der Waals surface area contributed by atoms with E-state index in [2.05, 4.69) is 20.8 Å². The first-order valence-electron chi connectivity index (χ1n) is 8.32. The number of anilines is 1. The van der Waals surface area contributed by atoms with Gasteiger partial charge in [0.2, 0.25) is 11.9 Å². The fourth-order valence-electron chi connectivity index (χ4n) is 2.96. The van der Waals surface area contributed by atoms with Gasteiger partial charge in [-0.3, -0.25) is 4.79 Å². The minimum atomic E-state index is -0.352. The van der Waals surface area contributed by atoms with Gasteiger partial charge in [-0.2, -0.15) is 4.68 Å². The van der Waals surface area contributed by atoms with Crippen molar-refractivity contribution in [3.63, 3.8) is 0 Å². The molecule has 1 aliphatic heterocycles. The fraction of sp³-hybridized carbons (Fsp3) is 0.500. The van der Waals surface area contributed by atoms with E-state index in [0.29, 0.717) is 24.8 Å². The lowest BCUT2D eigenvalue weighted by atomic mass is 10.1. The average molecular weight is 329 g/mol. The van der Waals surface area contributed by atoms with Gasteiger partial charge in [-0.25, -0.2) is 0 Å². The van der Waals surface area contributed by atoms with Crippen molar-refractivity contribution in [1.82, 2.24) is 25.1 Å². The molecule has 0 aliphatic carbocycles. The van der Waals surface area contributed by atoms with Crippen molar-refractivity contribution in [3.05, 3.63) is 30.3 Å². The molecular weight excluding hydrogens is 306 g/mol. The van der Waals surface area contributed by atoms with Crippen molar-refractivity contribution < 1.29 is 4.79 Å². The molecule has 0 unspecified atom stereocenters. The molecule has 1 aliphatic rings. The Kier molecular flexibility index (Phi) is 5.05. The summed E-state index contributed by atoms with van der Waals surface area (Å²) in [4.78, 5) is 14.6. The summed E-state index contributed by atoms with van der Waals surface area (Å²) in [6.45, 7) is 4.10. The molecule has 2 aromatic rings. The summed E-state index contributed by atoms with van der Waals surface area (Å²) < 4.78 is 1.60. The topological polar surface area (TPSA) is 102 Å². The zero-order chi connectivity index (χ0) is 16.9. The largest absolute Gasteiger partial charge is 0.341 e. The van der Waals surface area contributed by atoms with Crippen LogP contribution in [0.25, 0.3) is 5.69 Å². The predicted molar refractivity (Wildman–Crippen MR) is 90.6 cm³/mol. The van der Waals surface area contributed by atoms with E-state index in [1.165, 1.54) is 0 Å². The number of tetrazole rings is 1.